The van der Waals surface area contributed by atoms with Crippen molar-refractivity contribution in [3.63, 3.8) is 0 Å². The summed E-state index contributed by atoms with van der Waals surface area (Å²) in [5, 5.41) is 3.34. The molecule has 0 radical (unpaired) electrons. The van der Waals surface area contributed by atoms with Gasteiger partial charge in [0.05, 0.1) is 6.61 Å². The van der Waals surface area contributed by atoms with E-state index in [0.29, 0.717) is 17.5 Å². The van der Waals surface area contributed by atoms with E-state index in [4.69, 9.17) is 4.74 Å². The zero-order chi connectivity index (χ0) is 12.7. The molecule has 17 heavy (non-hydrogen) atoms. The molecular formula is C10H15N3O3S. The van der Waals surface area contributed by atoms with Crippen LogP contribution in [0.15, 0.2) is 22.2 Å². The molecule has 6 nitrogen and oxygen atoms in total. The first-order valence-electron chi connectivity index (χ1n) is 5.19. The van der Waals surface area contributed by atoms with Crippen LogP contribution in [-0.4, -0.2) is 41.4 Å². The molecule has 0 aliphatic carbocycles. The largest absolute Gasteiger partial charge is 0.465 e. The van der Waals surface area contributed by atoms with Crippen LogP contribution in [0, 0.1) is 0 Å². The van der Waals surface area contributed by atoms with Gasteiger partial charge in [0.25, 0.3) is 5.56 Å². The number of likely N-dealkylation sites (N-methyl/N-ethyl adjacent to an activating group) is 1. The van der Waals surface area contributed by atoms with E-state index in [0.717, 1.165) is 0 Å². The molecule has 94 valence electrons. The first kappa shape index (κ1) is 13.7. The van der Waals surface area contributed by atoms with E-state index in [2.05, 4.69) is 15.3 Å². The zero-order valence-electron chi connectivity index (χ0n) is 9.73. The predicted molar refractivity (Wildman–Crippen MR) is 65.1 cm³/mol. The average molecular weight is 257 g/mol. The fraction of sp³-hybridized carbons (Fsp3) is 0.500. The van der Waals surface area contributed by atoms with Crippen molar-refractivity contribution in [1.82, 2.24) is 15.3 Å². The Balaban J connectivity index is 2.53. The van der Waals surface area contributed by atoms with Crippen LogP contribution in [0.3, 0.4) is 0 Å². The number of nitrogens with zero attached hydrogens (tertiary/aromatic N) is 1. The van der Waals surface area contributed by atoms with Crippen LogP contribution in [0.25, 0.3) is 0 Å². The number of hydrogen-bond donors (Lipinski definition) is 2. The van der Waals surface area contributed by atoms with Crippen LogP contribution in [0.1, 0.15) is 6.92 Å². The Labute approximate surface area is 103 Å². The van der Waals surface area contributed by atoms with Gasteiger partial charge in [-0.2, -0.15) is 0 Å². The Morgan fingerprint density at radius 3 is 3.06 bits per heavy atom. The van der Waals surface area contributed by atoms with Gasteiger partial charge in [-0.3, -0.25) is 9.59 Å². The van der Waals surface area contributed by atoms with E-state index in [9.17, 15) is 9.59 Å². The van der Waals surface area contributed by atoms with Crippen molar-refractivity contribution in [3.05, 3.63) is 22.6 Å². The maximum atomic E-state index is 11.5. The van der Waals surface area contributed by atoms with Gasteiger partial charge in [0.2, 0.25) is 0 Å². The van der Waals surface area contributed by atoms with Gasteiger partial charge in [-0.15, -0.1) is 0 Å². The molecule has 0 aliphatic rings. The first-order valence-corrected chi connectivity index (χ1v) is 6.18. The van der Waals surface area contributed by atoms with Crippen molar-refractivity contribution in [1.29, 1.82) is 0 Å². The fourth-order valence-corrected chi connectivity index (χ4v) is 2.04. The summed E-state index contributed by atoms with van der Waals surface area (Å²) in [6.45, 7) is 2.11. The van der Waals surface area contributed by atoms with E-state index < -0.39 is 6.04 Å². The van der Waals surface area contributed by atoms with E-state index in [-0.39, 0.29) is 11.5 Å². The normalized spacial score (nSPS) is 12.1. The van der Waals surface area contributed by atoms with Crippen molar-refractivity contribution < 1.29 is 9.53 Å². The molecule has 2 N–H and O–H groups in total. The zero-order valence-corrected chi connectivity index (χ0v) is 10.5. The minimum Gasteiger partial charge on any atom is -0.465 e. The maximum absolute atomic E-state index is 11.5. The Bertz CT molecular complexity index is 421. The van der Waals surface area contributed by atoms with Gasteiger partial charge >= 0.3 is 5.97 Å². The van der Waals surface area contributed by atoms with Gasteiger partial charge in [-0.1, -0.05) is 11.8 Å². The number of H-pyrrole nitrogens is 1. The highest BCUT2D eigenvalue weighted by Crippen LogP contribution is 2.11. The van der Waals surface area contributed by atoms with Crippen LogP contribution in [-0.2, 0) is 9.53 Å². The lowest BCUT2D eigenvalue weighted by molar-refractivity contribution is -0.144. The smallest absolute Gasteiger partial charge is 0.323 e. The summed E-state index contributed by atoms with van der Waals surface area (Å²) in [4.78, 5) is 29.0. The molecule has 1 aromatic heterocycles. The second-order valence-corrected chi connectivity index (χ2v) is 4.15. The van der Waals surface area contributed by atoms with Crippen LogP contribution < -0.4 is 10.9 Å². The topological polar surface area (TPSA) is 84.1 Å². The van der Waals surface area contributed by atoms with Gasteiger partial charge in [0.1, 0.15) is 6.04 Å². The summed E-state index contributed by atoms with van der Waals surface area (Å²) >= 11 is 1.29. The molecule has 0 spiro atoms. The molecule has 1 heterocycles. The Hall–Kier alpha value is -1.34. The Morgan fingerprint density at radius 2 is 2.47 bits per heavy atom. The summed E-state index contributed by atoms with van der Waals surface area (Å²) in [5.74, 6) is 0.142. The molecular weight excluding hydrogens is 242 g/mol. The fourth-order valence-electron chi connectivity index (χ4n) is 1.10. The number of rotatable bonds is 6. The molecule has 0 aromatic carbocycles. The van der Waals surface area contributed by atoms with Crippen molar-refractivity contribution in [2.45, 2.75) is 18.1 Å². The van der Waals surface area contributed by atoms with Crippen LogP contribution in [0.4, 0.5) is 0 Å². The Morgan fingerprint density at radius 1 is 1.71 bits per heavy atom. The third-order valence-electron chi connectivity index (χ3n) is 1.95. The first-order chi connectivity index (χ1) is 8.17. The summed E-state index contributed by atoms with van der Waals surface area (Å²) < 4.78 is 4.90. The summed E-state index contributed by atoms with van der Waals surface area (Å²) in [6, 6.07) is 0.927. The number of aromatic nitrogens is 2. The van der Waals surface area contributed by atoms with Crippen molar-refractivity contribution in [2.75, 3.05) is 19.4 Å². The SMILES string of the molecule is CCOC(=O)C(CSc1nccc(=O)[nH]1)NC. The monoisotopic (exact) mass is 257 g/mol. The maximum Gasteiger partial charge on any atom is 0.323 e. The Kier molecular flexibility index (Phi) is 5.71. The molecule has 1 rings (SSSR count). The lowest BCUT2D eigenvalue weighted by atomic mass is 10.3. The summed E-state index contributed by atoms with van der Waals surface area (Å²) in [7, 11) is 1.68. The number of esters is 1. The van der Waals surface area contributed by atoms with Crippen molar-refractivity contribution in [2.24, 2.45) is 0 Å². The quantitative estimate of drug-likeness (QED) is 0.424. The lowest BCUT2D eigenvalue weighted by Gasteiger charge is -2.13. The lowest BCUT2D eigenvalue weighted by Crippen LogP contribution is -2.37. The summed E-state index contributed by atoms with van der Waals surface area (Å²) in [5.41, 5.74) is -0.209. The molecule has 0 amide bonds. The van der Waals surface area contributed by atoms with Crippen LogP contribution in [0.5, 0.6) is 0 Å². The standard InChI is InChI=1S/C10H15N3O3S/c1-3-16-9(15)7(11-2)6-17-10-12-5-4-8(14)13-10/h4-5,7,11H,3,6H2,1-2H3,(H,12,13,14). The van der Waals surface area contributed by atoms with Crippen LogP contribution >= 0.6 is 11.8 Å². The predicted octanol–water partition coefficient (Wildman–Crippen LogP) is 0.0131. The molecule has 7 heteroatoms. The number of carbonyl (C=O) groups is 1. The number of nitrogens with one attached hydrogen (secondary N) is 2. The number of ether oxygens (including phenoxy) is 1. The van der Waals surface area contributed by atoms with E-state index >= 15 is 0 Å². The van der Waals surface area contributed by atoms with Gasteiger partial charge < -0.3 is 15.0 Å². The molecule has 0 bridgehead atoms. The third kappa shape index (κ3) is 4.58. The second-order valence-electron chi connectivity index (χ2n) is 3.14. The highest BCUT2D eigenvalue weighted by molar-refractivity contribution is 7.99. The highest BCUT2D eigenvalue weighted by Gasteiger charge is 2.18. The number of aromatic amines is 1. The molecule has 0 aliphatic heterocycles. The molecule has 0 saturated heterocycles. The number of carbonyl (C=O) groups excluding carboxylic acids is 1. The van der Waals surface area contributed by atoms with E-state index in [1.807, 2.05) is 0 Å². The average Bonchev–Trinajstić information content (AvgIpc) is 2.30. The molecule has 1 unspecified atom stereocenters. The minimum atomic E-state index is -0.412. The van der Waals surface area contributed by atoms with E-state index in [1.54, 1.807) is 14.0 Å². The van der Waals surface area contributed by atoms with Crippen molar-refractivity contribution >= 4 is 17.7 Å². The van der Waals surface area contributed by atoms with Crippen LogP contribution in [0.2, 0.25) is 0 Å². The minimum absolute atomic E-state index is 0.209. The number of hydrogen-bond acceptors (Lipinski definition) is 6. The molecule has 1 atom stereocenters. The van der Waals surface area contributed by atoms with Crippen molar-refractivity contribution in [3.8, 4) is 0 Å². The van der Waals surface area contributed by atoms with Gasteiger partial charge in [0, 0.05) is 18.0 Å². The summed E-state index contributed by atoms with van der Waals surface area (Å²) in [6.07, 6.45) is 1.43. The molecule has 0 fully saturated rings. The highest BCUT2D eigenvalue weighted by atomic mass is 32.2. The number of thioether (sulfide) groups is 1. The second kappa shape index (κ2) is 7.08. The molecule has 0 saturated carbocycles. The van der Waals surface area contributed by atoms with Gasteiger partial charge in [-0.05, 0) is 14.0 Å². The third-order valence-corrected chi connectivity index (χ3v) is 2.94. The van der Waals surface area contributed by atoms with Gasteiger partial charge in [0.15, 0.2) is 5.16 Å². The van der Waals surface area contributed by atoms with Gasteiger partial charge in [-0.25, -0.2) is 4.98 Å². The molecule has 1 aromatic rings. The van der Waals surface area contributed by atoms with E-state index in [1.165, 1.54) is 24.0 Å².